The second kappa shape index (κ2) is 5.01. The van der Waals surface area contributed by atoms with Crippen LogP contribution in [0.4, 0.5) is 0 Å². The molecule has 0 amide bonds. The lowest BCUT2D eigenvalue weighted by Crippen LogP contribution is -1.99. The van der Waals surface area contributed by atoms with Gasteiger partial charge >= 0.3 is 0 Å². The lowest BCUT2D eigenvalue weighted by atomic mass is 10.1. The zero-order valence-electron chi connectivity index (χ0n) is 12.4. The van der Waals surface area contributed by atoms with Crippen molar-refractivity contribution >= 4 is 31.9 Å². The van der Waals surface area contributed by atoms with Gasteiger partial charge < -0.3 is 5.73 Å². The van der Waals surface area contributed by atoms with E-state index in [1.165, 1.54) is 12.1 Å². The molecule has 20 heavy (non-hydrogen) atoms. The predicted molar refractivity (Wildman–Crippen MR) is 81.6 cm³/mol. The quantitative estimate of drug-likeness (QED) is 0.808. The number of hydrogen-bond donors (Lipinski definition) is 1. The highest BCUT2D eigenvalue weighted by atomic mass is 32.2. The lowest BCUT2D eigenvalue weighted by molar-refractivity contribution is 0.598. The maximum absolute atomic E-state index is 12.7. The SMILES string of the molecule is [2H]C([2H])(N)c1ccc(S(=O)(=O)c2ccc3ccccc3c2)s1. The molecule has 102 valence electrons. The van der Waals surface area contributed by atoms with Crippen molar-refractivity contribution in [3.8, 4) is 0 Å². The molecule has 3 nitrogen and oxygen atoms in total. The highest BCUT2D eigenvalue weighted by Gasteiger charge is 2.20. The Morgan fingerprint density at radius 3 is 2.50 bits per heavy atom. The van der Waals surface area contributed by atoms with E-state index in [0.29, 0.717) is 0 Å². The maximum atomic E-state index is 12.7. The summed E-state index contributed by atoms with van der Waals surface area (Å²) in [6.45, 7) is -2.04. The van der Waals surface area contributed by atoms with Crippen molar-refractivity contribution in [3.05, 3.63) is 59.5 Å². The van der Waals surface area contributed by atoms with Crippen LogP contribution in [0.2, 0.25) is 0 Å². The number of nitrogens with two attached hydrogens (primary N) is 1. The van der Waals surface area contributed by atoms with Gasteiger partial charge in [0, 0.05) is 14.1 Å². The molecule has 0 aliphatic carbocycles. The van der Waals surface area contributed by atoms with Gasteiger partial charge in [0.1, 0.15) is 4.21 Å². The molecule has 1 aromatic heterocycles. The van der Waals surface area contributed by atoms with E-state index in [9.17, 15) is 8.42 Å². The summed E-state index contributed by atoms with van der Waals surface area (Å²) >= 11 is 0.859. The molecule has 2 aromatic carbocycles. The van der Waals surface area contributed by atoms with Gasteiger partial charge in [0.15, 0.2) is 0 Å². The van der Waals surface area contributed by atoms with Gasteiger partial charge in [-0.1, -0.05) is 30.3 Å². The third-order valence-corrected chi connectivity index (χ3v) is 6.28. The minimum absolute atomic E-state index is 0.0899. The van der Waals surface area contributed by atoms with Crippen molar-refractivity contribution in [2.24, 2.45) is 5.73 Å². The van der Waals surface area contributed by atoms with Crippen LogP contribution in [0, 0.1) is 0 Å². The Bertz CT molecular complexity index is 943. The van der Waals surface area contributed by atoms with Gasteiger partial charge in [-0.2, -0.15) is 0 Å². The third kappa shape index (κ3) is 2.24. The molecule has 0 saturated heterocycles. The monoisotopic (exact) mass is 305 g/mol. The van der Waals surface area contributed by atoms with Gasteiger partial charge in [-0.05, 0) is 35.0 Å². The van der Waals surface area contributed by atoms with Crippen LogP contribution >= 0.6 is 11.3 Å². The molecule has 0 unspecified atom stereocenters. The van der Waals surface area contributed by atoms with Gasteiger partial charge in [-0.15, -0.1) is 11.3 Å². The third-order valence-electron chi connectivity index (χ3n) is 3.02. The predicted octanol–water partition coefficient (Wildman–Crippen LogP) is 3.19. The number of thiophene rings is 1. The Morgan fingerprint density at radius 1 is 1.05 bits per heavy atom. The zero-order chi connectivity index (χ0) is 16.0. The summed E-state index contributed by atoms with van der Waals surface area (Å²) in [5.74, 6) is 0. The Morgan fingerprint density at radius 2 is 1.80 bits per heavy atom. The second-order valence-electron chi connectivity index (χ2n) is 4.28. The topological polar surface area (TPSA) is 60.2 Å². The summed E-state index contributed by atoms with van der Waals surface area (Å²) in [4.78, 5) is 0.379. The lowest BCUT2D eigenvalue weighted by Gasteiger charge is -2.04. The molecule has 3 rings (SSSR count). The molecule has 0 aliphatic heterocycles. The van der Waals surface area contributed by atoms with Crippen LogP contribution in [-0.4, -0.2) is 8.42 Å². The molecule has 0 atom stereocenters. The van der Waals surface area contributed by atoms with Crippen LogP contribution in [0.25, 0.3) is 10.8 Å². The molecule has 2 N–H and O–H groups in total. The van der Waals surface area contributed by atoms with E-state index in [2.05, 4.69) is 0 Å². The van der Waals surface area contributed by atoms with Gasteiger partial charge in [0.25, 0.3) is 0 Å². The van der Waals surface area contributed by atoms with E-state index < -0.39 is 16.3 Å². The summed E-state index contributed by atoms with van der Waals surface area (Å²) in [6, 6.07) is 15.3. The standard InChI is InChI=1S/C15H13NO2S2/c16-10-13-6-8-15(19-13)20(17,18)14-7-5-11-3-1-2-4-12(11)9-14/h1-9H,10,16H2/i10D2. The number of fused-ring (bicyclic) bond motifs is 1. The first kappa shape index (κ1) is 11.0. The highest BCUT2D eigenvalue weighted by molar-refractivity contribution is 7.93. The Labute approximate surface area is 124 Å². The summed E-state index contributed by atoms with van der Waals surface area (Å²) in [5.41, 5.74) is 5.38. The van der Waals surface area contributed by atoms with Gasteiger partial charge in [0.2, 0.25) is 9.84 Å². The largest absolute Gasteiger partial charge is 0.326 e. The average molecular weight is 305 g/mol. The van der Waals surface area contributed by atoms with Crippen molar-refractivity contribution in [2.75, 3.05) is 0 Å². The van der Waals surface area contributed by atoms with Crippen molar-refractivity contribution in [1.82, 2.24) is 0 Å². The van der Waals surface area contributed by atoms with Crippen molar-refractivity contribution in [3.63, 3.8) is 0 Å². The molecular formula is C15H13NO2S2. The van der Waals surface area contributed by atoms with E-state index in [4.69, 9.17) is 8.48 Å². The summed E-state index contributed by atoms with van der Waals surface area (Å²) < 4.78 is 40.3. The van der Waals surface area contributed by atoms with E-state index in [0.717, 1.165) is 22.1 Å². The fourth-order valence-corrected chi connectivity index (χ4v) is 4.55. The smallest absolute Gasteiger partial charge is 0.215 e. The number of rotatable bonds is 3. The van der Waals surface area contributed by atoms with Gasteiger partial charge in [0.05, 0.1) is 4.90 Å². The zero-order valence-corrected chi connectivity index (χ0v) is 12.0. The van der Waals surface area contributed by atoms with E-state index >= 15 is 0 Å². The van der Waals surface area contributed by atoms with Crippen LogP contribution in [-0.2, 0) is 16.3 Å². The fraction of sp³-hybridized carbons (Fsp3) is 0.0667. The molecule has 0 aliphatic rings. The van der Waals surface area contributed by atoms with Crippen LogP contribution < -0.4 is 5.73 Å². The maximum Gasteiger partial charge on any atom is 0.215 e. The Balaban J connectivity index is 2.10. The first-order chi connectivity index (χ1) is 10.3. The Hall–Kier alpha value is -1.69. The van der Waals surface area contributed by atoms with E-state index in [1.54, 1.807) is 18.2 Å². The summed E-state index contributed by atoms with van der Waals surface area (Å²) in [6.07, 6.45) is 0. The Kier molecular flexibility index (Phi) is 2.76. The molecule has 0 saturated carbocycles. The molecule has 0 spiro atoms. The van der Waals surface area contributed by atoms with Crippen LogP contribution in [0.3, 0.4) is 0 Å². The minimum Gasteiger partial charge on any atom is -0.326 e. The first-order valence-corrected chi connectivity index (χ1v) is 8.21. The second-order valence-corrected chi connectivity index (χ2v) is 7.54. The molecule has 1 heterocycles. The fourth-order valence-electron chi connectivity index (χ4n) is 1.99. The number of sulfone groups is 1. The van der Waals surface area contributed by atoms with E-state index in [1.807, 2.05) is 24.3 Å². The molecule has 0 fully saturated rings. The molecular weight excluding hydrogens is 290 g/mol. The van der Waals surface area contributed by atoms with Crippen molar-refractivity contribution in [1.29, 1.82) is 0 Å². The van der Waals surface area contributed by atoms with Crippen LogP contribution in [0.5, 0.6) is 0 Å². The molecule has 0 bridgehead atoms. The van der Waals surface area contributed by atoms with Crippen LogP contribution in [0.15, 0.2) is 63.7 Å². The van der Waals surface area contributed by atoms with E-state index in [-0.39, 0.29) is 14.0 Å². The minimum atomic E-state index is -3.67. The molecule has 3 aromatic rings. The number of hydrogen-bond acceptors (Lipinski definition) is 4. The van der Waals surface area contributed by atoms with Crippen molar-refractivity contribution in [2.45, 2.75) is 15.6 Å². The van der Waals surface area contributed by atoms with Gasteiger partial charge in [-0.25, -0.2) is 8.42 Å². The molecule has 5 heteroatoms. The van der Waals surface area contributed by atoms with Gasteiger partial charge in [-0.3, -0.25) is 0 Å². The van der Waals surface area contributed by atoms with Crippen LogP contribution in [0.1, 0.15) is 7.62 Å². The summed E-state index contributed by atoms with van der Waals surface area (Å²) in [5, 5.41) is 1.81. The number of benzene rings is 2. The molecule has 0 radical (unpaired) electrons. The highest BCUT2D eigenvalue weighted by Crippen LogP contribution is 2.29. The van der Waals surface area contributed by atoms with Crippen molar-refractivity contribution < 1.29 is 11.2 Å². The average Bonchev–Trinajstić information content (AvgIpc) is 2.97. The first-order valence-electron chi connectivity index (χ1n) is 6.91. The summed E-state index contributed by atoms with van der Waals surface area (Å²) in [7, 11) is -3.67. The normalized spacial score (nSPS) is 14.1.